The molecule has 3 nitrogen and oxygen atoms in total. The minimum Gasteiger partial charge on any atom is -0.266 e. The Morgan fingerprint density at radius 2 is 2.00 bits per heavy atom. The Morgan fingerprint density at radius 3 is 2.71 bits per heavy atom. The van der Waals surface area contributed by atoms with Gasteiger partial charge in [-0.2, -0.15) is 5.10 Å². The van der Waals surface area contributed by atoms with Crippen LogP contribution in [0.5, 0.6) is 0 Å². The monoisotopic (exact) mass is 288 g/mol. The number of hydrogen-bond acceptors (Lipinski definition) is 2. The van der Waals surface area contributed by atoms with Crippen LogP contribution in [0.15, 0.2) is 35.3 Å². The molecule has 1 aromatic carbocycles. The maximum atomic E-state index is 11.7. The molecular formula is C11H7Cl3N2O. The molecule has 17 heavy (non-hydrogen) atoms. The molecule has 88 valence electrons. The van der Waals surface area contributed by atoms with Crippen molar-refractivity contribution in [1.82, 2.24) is 9.78 Å². The van der Waals surface area contributed by atoms with E-state index < -0.39 is 5.56 Å². The summed E-state index contributed by atoms with van der Waals surface area (Å²) in [6, 6.07) is 7.18. The molecule has 0 amide bonds. The molecule has 0 bridgehead atoms. The minimum atomic E-state index is -0.417. The average molecular weight is 290 g/mol. The summed E-state index contributed by atoms with van der Waals surface area (Å²) >= 11 is 17.3. The fourth-order valence-electron chi connectivity index (χ4n) is 1.37. The molecule has 0 saturated carbocycles. The zero-order valence-corrected chi connectivity index (χ0v) is 10.8. The van der Waals surface area contributed by atoms with Crippen molar-refractivity contribution in [2.45, 2.75) is 6.54 Å². The van der Waals surface area contributed by atoms with Crippen LogP contribution in [0.4, 0.5) is 0 Å². The van der Waals surface area contributed by atoms with Crippen LogP contribution in [0, 0.1) is 0 Å². The van der Waals surface area contributed by atoms with E-state index >= 15 is 0 Å². The van der Waals surface area contributed by atoms with Gasteiger partial charge in [0.05, 0.1) is 17.8 Å². The van der Waals surface area contributed by atoms with Crippen LogP contribution < -0.4 is 5.56 Å². The molecular weight excluding hydrogens is 282 g/mol. The Bertz CT molecular complexity index is 610. The number of halogens is 3. The quantitative estimate of drug-likeness (QED) is 0.850. The summed E-state index contributed by atoms with van der Waals surface area (Å²) in [5.74, 6) is 0. The van der Waals surface area contributed by atoms with Gasteiger partial charge in [0.15, 0.2) is 0 Å². The number of hydrogen-bond donors (Lipinski definition) is 0. The first-order valence-corrected chi connectivity index (χ1v) is 5.87. The lowest BCUT2D eigenvalue weighted by atomic mass is 10.2. The van der Waals surface area contributed by atoms with Crippen molar-refractivity contribution in [3.8, 4) is 0 Å². The maximum absolute atomic E-state index is 11.7. The molecule has 0 radical (unpaired) electrons. The number of nitrogens with zero attached hydrogens (tertiary/aromatic N) is 2. The van der Waals surface area contributed by atoms with E-state index in [2.05, 4.69) is 5.10 Å². The van der Waals surface area contributed by atoms with E-state index in [9.17, 15) is 4.79 Å². The van der Waals surface area contributed by atoms with Gasteiger partial charge in [-0.3, -0.25) is 4.79 Å². The first-order chi connectivity index (χ1) is 8.08. The summed E-state index contributed by atoms with van der Waals surface area (Å²) in [7, 11) is 0. The first kappa shape index (κ1) is 12.4. The van der Waals surface area contributed by atoms with Crippen molar-refractivity contribution in [1.29, 1.82) is 0 Å². The molecule has 0 N–H and O–H groups in total. The van der Waals surface area contributed by atoms with Gasteiger partial charge in [0.2, 0.25) is 0 Å². The van der Waals surface area contributed by atoms with E-state index in [1.54, 1.807) is 18.2 Å². The van der Waals surface area contributed by atoms with Gasteiger partial charge in [-0.1, -0.05) is 46.9 Å². The van der Waals surface area contributed by atoms with Crippen LogP contribution >= 0.6 is 34.8 Å². The molecule has 1 heterocycles. The predicted molar refractivity (Wildman–Crippen MR) is 69.1 cm³/mol. The second-order valence-electron chi connectivity index (χ2n) is 3.40. The van der Waals surface area contributed by atoms with E-state index in [1.165, 1.54) is 10.9 Å². The highest BCUT2D eigenvalue weighted by Gasteiger charge is 2.07. The largest absolute Gasteiger partial charge is 0.287 e. The lowest BCUT2D eigenvalue weighted by molar-refractivity contribution is 0.639. The van der Waals surface area contributed by atoms with Crippen molar-refractivity contribution >= 4 is 34.8 Å². The van der Waals surface area contributed by atoms with E-state index in [1.807, 2.05) is 6.07 Å². The summed E-state index contributed by atoms with van der Waals surface area (Å²) < 4.78 is 1.24. The third-order valence-corrected chi connectivity index (χ3v) is 3.15. The van der Waals surface area contributed by atoms with Crippen LogP contribution in [0.25, 0.3) is 0 Å². The Hall–Kier alpha value is -1.03. The SMILES string of the molecule is O=c1c(Cl)c(Cl)cnn1Cc1cccc(Cl)c1. The molecule has 1 aromatic heterocycles. The summed E-state index contributed by atoms with van der Waals surface area (Å²) in [6.45, 7) is 0.302. The molecule has 0 aliphatic rings. The number of aromatic nitrogens is 2. The summed E-state index contributed by atoms with van der Waals surface area (Å²) in [5.41, 5.74) is 0.449. The van der Waals surface area contributed by atoms with Crippen molar-refractivity contribution < 1.29 is 0 Å². The molecule has 0 aliphatic carbocycles. The molecule has 0 aliphatic heterocycles. The highest BCUT2D eigenvalue weighted by atomic mass is 35.5. The van der Waals surface area contributed by atoms with Crippen molar-refractivity contribution in [2.24, 2.45) is 0 Å². The molecule has 2 rings (SSSR count). The van der Waals surface area contributed by atoms with E-state index in [-0.39, 0.29) is 10.0 Å². The van der Waals surface area contributed by atoms with Crippen LogP contribution in [0.3, 0.4) is 0 Å². The second-order valence-corrected chi connectivity index (χ2v) is 4.62. The lowest BCUT2D eigenvalue weighted by Gasteiger charge is -2.05. The van der Waals surface area contributed by atoms with Crippen molar-refractivity contribution in [3.63, 3.8) is 0 Å². The van der Waals surface area contributed by atoms with Crippen LogP contribution in [-0.4, -0.2) is 9.78 Å². The Morgan fingerprint density at radius 1 is 1.24 bits per heavy atom. The van der Waals surface area contributed by atoms with Crippen LogP contribution in [-0.2, 0) is 6.54 Å². The molecule has 6 heteroatoms. The maximum Gasteiger partial charge on any atom is 0.287 e. The van der Waals surface area contributed by atoms with E-state index in [4.69, 9.17) is 34.8 Å². The molecule has 0 fully saturated rings. The first-order valence-electron chi connectivity index (χ1n) is 4.73. The normalized spacial score (nSPS) is 10.5. The second kappa shape index (κ2) is 5.08. The summed E-state index contributed by atoms with van der Waals surface area (Å²) in [4.78, 5) is 11.7. The Kier molecular flexibility index (Phi) is 3.72. The fraction of sp³-hybridized carbons (Fsp3) is 0.0909. The molecule has 0 unspecified atom stereocenters. The predicted octanol–water partition coefficient (Wildman–Crippen LogP) is 3.25. The van der Waals surface area contributed by atoms with E-state index in [0.29, 0.717) is 11.6 Å². The minimum absolute atomic E-state index is 0.0244. The molecule has 0 saturated heterocycles. The fourth-order valence-corrected chi connectivity index (χ4v) is 1.85. The summed E-state index contributed by atoms with van der Waals surface area (Å²) in [6.07, 6.45) is 1.34. The smallest absolute Gasteiger partial charge is 0.266 e. The van der Waals surface area contributed by atoms with Gasteiger partial charge in [0.1, 0.15) is 5.02 Å². The van der Waals surface area contributed by atoms with Gasteiger partial charge in [0, 0.05) is 5.02 Å². The van der Waals surface area contributed by atoms with Gasteiger partial charge in [-0.15, -0.1) is 0 Å². The van der Waals surface area contributed by atoms with Gasteiger partial charge in [-0.25, -0.2) is 4.68 Å². The lowest BCUT2D eigenvalue weighted by Crippen LogP contribution is -2.23. The van der Waals surface area contributed by atoms with Crippen molar-refractivity contribution in [2.75, 3.05) is 0 Å². The Balaban J connectivity index is 2.37. The highest BCUT2D eigenvalue weighted by Crippen LogP contribution is 2.15. The highest BCUT2D eigenvalue weighted by molar-refractivity contribution is 6.41. The van der Waals surface area contributed by atoms with Crippen molar-refractivity contribution in [3.05, 3.63) is 61.4 Å². The number of rotatable bonds is 2. The number of benzene rings is 1. The standard InChI is InChI=1S/C11H7Cl3N2O/c12-8-3-1-2-7(4-8)6-16-11(17)10(14)9(13)5-15-16/h1-5H,6H2. The van der Waals surface area contributed by atoms with Gasteiger partial charge >= 0.3 is 0 Å². The van der Waals surface area contributed by atoms with Gasteiger partial charge < -0.3 is 0 Å². The zero-order chi connectivity index (χ0) is 12.4. The topological polar surface area (TPSA) is 34.9 Å². The average Bonchev–Trinajstić information content (AvgIpc) is 2.30. The zero-order valence-electron chi connectivity index (χ0n) is 8.53. The van der Waals surface area contributed by atoms with Gasteiger partial charge in [-0.05, 0) is 17.7 Å². The summed E-state index contributed by atoms with van der Waals surface area (Å²) in [5, 5.41) is 4.64. The van der Waals surface area contributed by atoms with Crippen LogP contribution in [0.1, 0.15) is 5.56 Å². The van der Waals surface area contributed by atoms with E-state index in [0.717, 1.165) is 5.56 Å². The third kappa shape index (κ3) is 2.80. The van der Waals surface area contributed by atoms with Crippen LogP contribution in [0.2, 0.25) is 15.1 Å². The van der Waals surface area contributed by atoms with Gasteiger partial charge in [0.25, 0.3) is 5.56 Å². The third-order valence-electron chi connectivity index (χ3n) is 2.16. The molecule has 0 atom stereocenters. The Labute approximate surface area is 113 Å². The molecule has 2 aromatic rings. The molecule has 0 spiro atoms.